The zero-order valence-electron chi connectivity index (χ0n) is 14.7. The van der Waals surface area contributed by atoms with Gasteiger partial charge in [0.05, 0.1) is 18.5 Å². The molecule has 0 radical (unpaired) electrons. The molecule has 2 amide bonds. The maximum atomic E-state index is 11.9. The standard InChI is InChI=1S/C18H26N4O3/c1-2-25-18(24)22-10-8-14(9-11-22)20-16-7-6-15(12-19-16)21-17(23)13-4-3-5-13/h6-7,12-14H,2-5,8-11H2,1H3,(H,19,20)(H,21,23). The lowest BCUT2D eigenvalue weighted by molar-refractivity contribution is -0.122. The quantitative estimate of drug-likeness (QED) is 0.856. The molecule has 136 valence electrons. The fourth-order valence-electron chi connectivity index (χ4n) is 3.10. The Kier molecular flexibility index (Phi) is 5.73. The van der Waals surface area contributed by atoms with E-state index in [1.54, 1.807) is 11.1 Å². The molecule has 2 heterocycles. The normalized spacial score (nSPS) is 18.4. The average molecular weight is 346 g/mol. The first-order valence-electron chi connectivity index (χ1n) is 9.11. The molecular formula is C18H26N4O3. The number of hydrogen-bond donors (Lipinski definition) is 2. The molecule has 7 nitrogen and oxygen atoms in total. The van der Waals surface area contributed by atoms with Gasteiger partial charge in [-0.1, -0.05) is 6.42 Å². The zero-order chi connectivity index (χ0) is 17.6. The van der Waals surface area contributed by atoms with Crippen LogP contribution in [-0.2, 0) is 9.53 Å². The third kappa shape index (κ3) is 4.61. The number of amides is 2. The van der Waals surface area contributed by atoms with Gasteiger partial charge in [0.1, 0.15) is 5.82 Å². The Morgan fingerprint density at radius 3 is 2.56 bits per heavy atom. The van der Waals surface area contributed by atoms with Crippen molar-refractivity contribution in [1.29, 1.82) is 0 Å². The first kappa shape index (κ1) is 17.5. The monoisotopic (exact) mass is 346 g/mol. The van der Waals surface area contributed by atoms with Gasteiger partial charge in [0, 0.05) is 25.0 Å². The van der Waals surface area contributed by atoms with Crippen molar-refractivity contribution >= 4 is 23.5 Å². The Morgan fingerprint density at radius 1 is 1.24 bits per heavy atom. The van der Waals surface area contributed by atoms with E-state index in [-0.39, 0.29) is 24.0 Å². The van der Waals surface area contributed by atoms with Crippen molar-refractivity contribution in [2.24, 2.45) is 5.92 Å². The molecule has 0 unspecified atom stereocenters. The molecule has 7 heteroatoms. The summed E-state index contributed by atoms with van der Waals surface area (Å²) in [5, 5.41) is 6.31. The van der Waals surface area contributed by atoms with Crippen LogP contribution in [0, 0.1) is 5.92 Å². The van der Waals surface area contributed by atoms with E-state index < -0.39 is 0 Å². The Balaban J connectivity index is 1.44. The van der Waals surface area contributed by atoms with Crippen LogP contribution in [-0.4, -0.2) is 47.6 Å². The van der Waals surface area contributed by atoms with Gasteiger partial charge >= 0.3 is 6.09 Å². The van der Waals surface area contributed by atoms with Gasteiger partial charge in [0.25, 0.3) is 0 Å². The fraction of sp³-hybridized carbons (Fsp3) is 0.611. The van der Waals surface area contributed by atoms with Crippen LogP contribution in [0.4, 0.5) is 16.3 Å². The molecule has 3 rings (SSSR count). The smallest absolute Gasteiger partial charge is 0.409 e. The Morgan fingerprint density at radius 2 is 2.00 bits per heavy atom. The summed E-state index contributed by atoms with van der Waals surface area (Å²) in [5.74, 6) is 1.05. The van der Waals surface area contributed by atoms with Crippen molar-refractivity contribution in [1.82, 2.24) is 9.88 Å². The van der Waals surface area contributed by atoms with E-state index in [0.717, 1.165) is 43.6 Å². The van der Waals surface area contributed by atoms with Crippen LogP contribution in [0.25, 0.3) is 0 Å². The van der Waals surface area contributed by atoms with Crippen molar-refractivity contribution in [2.75, 3.05) is 30.3 Å². The molecule has 1 aromatic heterocycles. The minimum absolute atomic E-state index is 0.0973. The number of aromatic nitrogens is 1. The number of likely N-dealkylation sites (tertiary alicyclic amines) is 1. The second-order valence-electron chi connectivity index (χ2n) is 6.65. The zero-order valence-corrected chi connectivity index (χ0v) is 14.7. The number of hydrogen-bond acceptors (Lipinski definition) is 5. The molecule has 2 aliphatic rings. The number of carbonyl (C=O) groups excluding carboxylic acids is 2. The highest BCUT2D eigenvalue weighted by molar-refractivity contribution is 5.92. The second kappa shape index (κ2) is 8.18. The molecule has 1 saturated carbocycles. The van der Waals surface area contributed by atoms with Gasteiger partial charge in [0.2, 0.25) is 5.91 Å². The number of ether oxygens (including phenoxy) is 1. The lowest BCUT2D eigenvalue weighted by Crippen LogP contribution is -2.42. The molecule has 1 aliphatic carbocycles. The van der Waals surface area contributed by atoms with E-state index in [0.29, 0.717) is 19.7 Å². The summed E-state index contributed by atoms with van der Waals surface area (Å²) in [5.41, 5.74) is 0.736. The predicted molar refractivity (Wildman–Crippen MR) is 95.4 cm³/mol. The molecular weight excluding hydrogens is 320 g/mol. The molecule has 0 bridgehead atoms. The van der Waals surface area contributed by atoms with Gasteiger partial charge in [-0.25, -0.2) is 9.78 Å². The van der Waals surface area contributed by atoms with Crippen LogP contribution >= 0.6 is 0 Å². The van der Waals surface area contributed by atoms with Gasteiger partial charge in [-0.05, 0) is 44.7 Å². The predicted octanol–water partition coefficient (Wildman–Crippen LogP) is 2.85. The fourth-order valence-corrected chi connectivity index (χ4v) is 3.10. The highest BCUT2D eigenvalue weighted by Gasteiger charge is 2.25. The van der Waals surface area contributed by atoms with Crippen molar-refractivity contribution in [3.05, 3.63) is 18.3 Å². The van der Waals surface area contributed by atoms with Crippen molar-refractivity contribution < 1.29 is 14.3 Å². The van der Waals surface area contributed by atoms with Gasteiger partial charge in [-0.15, -0.1) is 0 Å². The largest absolute Gasteiger partial charge is 0.450 e. The van der Waals surface area contributed by atoms with Crippen LogP contribution in [0.1, 0.15) is 39.0 Å². The molecule has 25 heavy (non-hydrogen) atoms. The molecule has 2 fully saturated rings. The first-order valence-corrected chi connectivity index (χ1v) is 9.11. The topological polar surface area (TPSA) is 83.6 Å². The van der Waals surface area contributed by atoms with Crippen molar-refractivity contribution in [2.45, 2.75) is 45.1 Å². The number of anilines is 2. The van der Waals surface area contributed by atoms with Crippen LogP contribution in [0.3, 0.4) is 0 Å². The summed E-state index contributed by atoms with van der Waals surface area (Å²) in [6, 6.07) is 4.04. The molecule has 0 spiro atoms. The highest BCUT2D eigenvalue weighted by atomic mass is 16.6. The van der Waals surface area contributed by atoms with Crippen molar-refractivity contribution in [3.63, 3.8) is 0 Å². The molecule has 0 atom stereocenters. The summed E-state index contributed by atoms with van der Waals surface area (Å²) >= 11 is 0. The number of pyridine rings is 1. The second-order valence-corrected chi connectivity index (χ2v) is 6.65. The van der Waals surface area contributed by atoms with Crippen LogP contribution in [0.15, 0.2) is 18.3 Å². The number of rotatable bonds is 5. The molecule has 0 aromatic carbocycles. The van der Waals surface area contributed by atoms with E-state index in [2.05, 4.69) is 15.6 Å². The SMILES string of the molecule is CCOC(=O)N1CCC(Nc2ccc(NC(=O)C3CCC3)cn2)CC1. The maximum absolute atomic E-state index is 11.9. The summed E-state index contributed by atoms with van der Waals surface area (Å²) in [6.45, 7) is 3.60. The highest BCUT2D eigenvalue weighted by Crippen LogP contribution is 2.27. The van der Waals surface area contributed by atoms with Crippen LogP contribution in [0.5, 0.6) is 0 Å². The Labute approximate surface area is 148 Å². The summed E-state index contributed by atoms with van der Waals surface area (Å²) < 4.78 is 5.03. The van der Waals surface area contributed by atoms with E-state index >= 15 is 0 Å². The maximum Gasteiger partial charge on any atom is 0.409 e. The number of piperidine rings is 1. The van der Waals surface area contributed by atoms with E-state index in [4.69, 9.17) is 4.74 Å². The Bertz CT molecular complexity index is 593. The minimum atomic E-state index is -0.231. The summed E-state index contributed by atoms with van der Waals surface area (Å²) in [4.78, 5) is 29.8. The third-order valence-electron chi connectivity index (χ3n) is 4.88. The Hall–Kier alpha value is -2.31. The molecule has 1 aromatic rings. The van der Waals surface area contributed by atoms with Gasteiger partial charge in [0.15, 0.2) is 0 Å². The molecule has 1 saturated heterocycles. The number of carbonyl (C=O) groups is 2. The molecule has 1 aliphatic heterocycles. The van der Waals surface area contributed by atoms with Gasteiger partial charge in [-0.3, -0.25) is 4.79 Å². The lowest BCUT2D eigenvalue weighted by Gasteiger charge is -2.31. The van der Waals surface area contributed by atoms with E-state index in [1.807, 2.05) is 19.1 Å². The molecule has 2 N–H and O–H groups in total. The number of nitrogens with one attached hydrogen (secondary N) is 2. The number of nitrogens with zero attached hydrogens (tertiary/aromatic N) is 2. The average Bonchev–Trinajstić information content (AvgIpc) is 2.56. The first-order chi connectivity index (χ1) is 12.2. The summed E-state index contributed by atoms with van der Waals surface area (Å²) in [7, 11) is 0. The van der Waals surface area contributed by atoms with Crippen molar-refractivity contribution in [3.8, 4) is 0 Å². The minimum Gasteiger partial charge on any atom is -0.450 e. The van der Waals surface area contributed by atoms with Gasteiger partial charge < -0.3 is 20.3 Å². The lowest BCUT2D eigenvalue weighted by atomic mass is 9.85. The summed E-state index contributed by atoms with van der Waals surface area (Å²) in [6.07, 6.45) is 6.31. The van der Waals surface area contributed by atoms with E-state index in [1.165, 1.54) is 0 Å². The third-order valence-corrected chi connectivity index (χ3v) is 4.88. The van der Waals surface area contributed by atoms with Gasteiger partial charge in [-0.2, -0.15) is 0 Å². The van der Waals surface area contributed by atoms with Crippen LogP contribution < -0.4 is 10.6 Å². The van der Waals surface area contributed by atoms with Crippen LogP contribution in [0.2, 0.25) is 0 Å². The van der Waals surface area contributed by atoms with E-state index in [9.17, 15) is 9.59 Å².